The highest BCUT2D eigenvalue weighted by Crippen LogP contribution is 2.31. The van der Waals surface area contributed by atoms with Crippen molar-refractivity contribution < 1.29 is 8.78 Å². The predicted molar refractivity (Wildman–Crippen MR) is 51.2 cm³/mol. The van der Waals surface area contributed by atoms with Gasteiger partial charge in [-0.1, -0.05) is 27.5 Å². The van der Waals surface area contributed by atoms with E-state index < -0.39 is 6.43 Å². The number of pyridine rings is 1. The minimum Gasteiger partial charge on any atom is -0.382 e. The van der Waals surface area contributed by atoms with Crippen molar-refractivity contribution in [3.8, 4) is 0 Å². The highest BCUT2D eigenvalue weighted by Gasteiger charge is 2.17. The first-order chi connectivity index (χ1) is 6.07. The van der Waals surface area contributed by atoms with Crippen molar-refractivity contribution in [1.82, 2.24) is 4.98 Å². The predicted octanol–water partition coefficient (Wildman–Crippen LogP) is 3.15. The van der Waals surface area contributed by atoms with Gasteiger partial charge in [0.2, 0.25) is 0 Å². The lowest BCUT2D eigenvalue weighted by Crippen LogP contribution is -2.00. The molecule has 0 saturated carbocycles. The molecule has 0 radical (unpaired) electrons. The SMILES string of the molecule is Nc1ncc(C(F)F)c(CBr)c1Cl. The van der Waals surface area contributed by atoms with Gasteiger partial charge in [-0.25, -0.2) is 13.8 Å². The second kappa shape index (κ2) is 4.19. The van der Waals surface area contributed by atoms with Crippen LogP contribution in [0.3, 0.4) is 0 Å². The molecule has 2 nitrogen and oxygen atoms in total. The number of aromatic nitrogens is 1. The fourth-order valence-corrected chi connectivity index (χ4v) is 1.87. The summed E-state index contributed by atoms with van der Waals surface area (Å²) in [5.74, 6) is 0.0699. The van der Waals surface area contributed by atoms with E-state index in [0.717, 1.165) is 6.20 Å². The molecule has 2 N–H and O–H groups in total. The maximum atomic E-state index is 12.4. The zero-order valence-electron chi connectivity index (χ0n) is 6.40. The lowest BCUT2D eigenvalue weighted by Gasteiger charge is -2.08. The summed E-state index contributed by atoms with van der Waals surface area (Å²) in [6.07, 6.45) is -1.54. The van der Waals surface area contributed by atoms with Gasteiger partial charge in [-0.2, -0.15) is 0 Å². The van der Waals surface area contributed by atoms with Crippen LogP contribution in [0.4, 0.5) is 14.6 Å². The molecule has 0 fully saturated rings. The van der Waals surface area contributed by atoms with Crippen molar-refractivity contribution in [3.63, 3.8) is 0 Å². The van der Waals surface area contributed by atoms with Gasteiger partial charge in [-0.15, -0.1) is 0 Å². The number of nitrogen functional groups attached to an aromatic ring is 1. The Morgan fingerprint density at radius 3 is 2.69 bits per heavy atom. The van der Waals surface area contributed by atoms with Crippen LogP contribution in [0.25, 0.3) is 0 Å². The number of alkyl halides is 3. The molecule has 0 saturated heterocycles. The van der Waals surface area contributed by atoms with E-state index in [1.165, 1.54) is 0 Å². The summed E-state index contributed by atoms with van der Waals surface area (Å²) in [5.41, 5.74) is 5.47. The first-order valence-corrected chi connectivity index (χ1v) is 4.84. The van der Waals surface area contributed by atoms with Crippen LogP contribution in [0, 0.1) is 0 Å². The molecule has 1 heterocycles. The molecule has 1 rings (SSSR count). The number of halogens is 4. The Hall–Kier alpha value is -0.420. The number of nitrogens with zero attached hydrogens (tertiary/aromatic N) is 1. The number of hydrogen-bond acceptors (Lipinski definition) is 2. The fraction of sp³-hybridized carbons (Fsp3) is 0.286. The van der Waals surface area contributed by atoms with Gasteiger partial charge in [0.05, 0.1) is 5.02 Å². The first kappa shape index (κ1) is 10.7. The van der Waals surface area contributed by atoms with Gasteiger partial charge in [0.15, 0.2) is 0 Å². The molecule has 72 valence electrons. The molecule has 0 amide bonds. The van der Waals surface area contributed by atoms with Gasteiger partial charge in [-0.05, 0) is 5.56 Å². The highest BCUT2D eigenvalue weighted by molar-refractivity contribution is 9.08. The molecular formula is C7H6BrClF2N2. The minimum absolute atomic E-state index is 0.0699. The summed E-state index contributed by atoms with van der Waals surface area (Å²) in [6, 6.07) is 0. The monoisotopic (exact) mass is 270 g/mol. The van der Waals surface area contributed by atoms with Gasteiger partial charge in [-0.3, -0.25) is 0 Å². The Labute approximate surface area is 87.2 Å². The van der Waals surface area contributed by atoms with Crippen LogP contribution in [0.1, 0.15) is 17.6 Å². The second-order valence-corrected chi connectivity index (χ2v) is 3.26. The number of rotatable bonds is 2. The van der Waals surface area contributed by atoms with Gasteiger partial charge >= 0.3 is 0 Å². The number of nitrogens with two attached hydrogens (primary N) is 1. The van der Waals surface area contributed by atoms with Crippen LogP contribution in [-0.2, 0) is 5.33 Å². The van der Waals surface area contributed by atoms with Crippen LogP contribution in [0.2, 0.25) is 5.02 Å². The lowest BCUT2D eigenvalue weighted by molar-refractivity contribution is 0.150. The average molecular weight is 271 g/mol. The Balaban J connectivity index is 3.30. The Kier molecular flexibility index (Phi) is 3.44. The van der Waals surface area contributed by atoms with Crippen molar-refractivity contribution in [2.24, 2.45) is 0 Å². The van der Waals surface area contributed by atoms with E-state index in [1.807, 2.05) is 0 Å². The molecule has 0 spiro atoms. The van der Waals surface area contributed by atoms with Gasteiger partial charge < -0.3 is 5.73 Å². The molecule has 0 bridgehead atoms. The van der Waals surface area contributed by atoms with Crippen LogP contribution >= 0.6 is 27.5 Å². The highest BCUT2D eigenvalue weighted by atomic mass is 79.9. The average Bonchev–Trinajstić information content (AvgIpc) is 2.09. The normalized spacial score (nSPS) is 10.8. The van der Waals surface area contributed by atoms with E-state index in [2.05, 4.69) is 20.9 Å². The van der Waals surface area contributed by atoms with Crippen molar-refractivity contribution in [2.75, 3.05) is 5.73 Å². The summed E-state index contributed by atoms with van der Waals surface area (Å²) in [4.78, 5) is 3.55. The quantitative estimate of drug-likeness (QED) is 0.839. The molecule has 0 aromatic carbocycles. The van der Waals surface area contributed by atoms with E-state index >= 15 is 0 Å². The zero-order valence-corrected chi connectivity index (χ0v) is 8.74. The summed E-state index contributed by atoms with van der Waals surface area (Å²) in [5, 5.41) is 0.327. The summed E-state index contributed by atoms with van der Waals surface area (Å²) in [6.45, 7) is 0. The standard InChI is InChI=1S/C7H6BrClF2N2/c8-1-3-4(6(10)11)2-13-7(12)5(3)9/h2,6H,1H2,(H2,12,13). The maximum Gasteiger partial charge on any atom is 0.265 e. The molecule has 0 unspecified atom stereocenters. The van der Waals surface area contributed by atoms with Crippen molar-refractivity contribution >= 4 is 33.3 Å². The number of hydrogen-bond donors (Lipinski definition) is 1. The van der Waals surface area contributed by atoms with E-state index in [0.29, 0.717) is 5.56 Å². The van der Waals surface area contributed by atoms with Gasteiger partial charge in [0, 0.05) is 17.1 Å². The topological polar surface area (TPSA) is 38.9 Å². The fourth-order valence-electron chi connectivity index (χ4n) is 0.879. The molecule has 0 aliphatic heterocycles. The Morgan fingerprint density at radius 2 is 2.23 bits per heavy atom. The largest absolute Gasteiger partial charge is 0.382 e. The Morgan fingerprint density at radius 1 is 1.62 bits per heavy atom. The summed E-state index contributed by atoms with van der Waals surface area (Å²) < 4.78 is 24.7. The Bertz CT molecular complexity index is 320. The van der Waals surface area contributed by atoms with Crippen LogP contribution in [0.5, 0.6) is 0 Å². The molecule has 6 heteroatoms. The first-order valence-electron chi connectivity index (χ1n) is 3.34. The van der Waals surface area contributed by atoms with Gasteiger partial charge in [0.1, 0.15) is 5.82 Å². The van der Waals surface area contributed by atoms with E-state index in [4.69, 9.17) is 17.3 Å². The second-order valence-electron chi connectivity index (χ2n) is 2.33. The van der Waals surface area contributed by atoms with Crippen molar-refractivity contribution in [1.29, 1.82) is 0 Å². The zero-order chi connectivity index (χ0) is 10.0. The third kappa shape index (κ3) is 2.08. The molecule has 0 aliphatic carbocycles. The molecule has 13 heavy (non-hydrogen) atoms. The van der Waals surface area contributed by atoms with Gasteiger partial charge in [0.25, 0.3) is 6.43 Å². The van der Waals surface area contributed by atoms with Crippen LogP contribution in [-0.4, -0.2) is 4.98 Å². The van der Waals surface area contributed by atoms with Crippen LogP contribution < -0.4 is 5.73 Å². The molecular weight excluding hydrogens is 265 g/mol. The molecule has 1 aromatic rings. The molecule has 1 aromatic heterocycles. The van der Waals surface area contributed by atoms with Crippen molar-refractivity contribution in [3.05, 3.63) is 22.3 Å². The summed E-state index contributed by atoms with van der Waals surface area (Å²) >= 11 is 8.75. The lowest BCUT2D eigenvalue weighted by atomic mass is 10.1. The third-order valence-corrected chi connectivity index (χ3v) is 2.53. The maximum absolute atomic E-state index is 12.4. The van der Waals surface area contributed by atoms with E-state index in [9.17, 15) is 8.78 Å². The summed E-state index contributed by atoms with van der Waals surface area (Å²) in [7, 11) is 0. The minimum atomic E-state index is -2.59. The number of anilines is 1. The van der Waals surface area contributed by atoms with E-state index in [1.54, 1.807) is 0 Å². The third-order valence-electron chi connectivity index (χ3n) is 1.55. The smallest absolute Gasteiger partial charge is 0.265 e. The molecule has 0 aliphatic rings. The van der Waals surface area contributed by atoms with Crippen molar-refractivity contribution in [2.45, 2.75) is 11.8 Å². The van der Waals surface area contributed by atoms with Crippen LogP contribution in [0.15, 0.2) is 6.20 Å². The van der Waals surface area contributed by atoms with E-state index in [-0.39, 0.29) is 21.7 Å². The molecule has 0 atom stereocenters.